The molecular formula is C14H17N3O4. The molecule has 0 saturated carbocycles. The van der Waals surface area contributed by atoms with E-state index in [4.69, 9.17) is 5.11 Å². The molecule has 0 atom stereocenters. The first-order valence-electron chi connectivity index (χ1n) is 6.52. The molecule has 112 valence electrons. The summed E-state index contributed by atoms with van der Waals surface area (Å²) in [7, 11) is 1.70. The van der Waals surface area contributed by atoms with Gasteiger partial charge in [-0.1, -0.05) is 0 Å². The summed E-state index contributed by atoms with van der Waals surface area (Å²) in [6.45, 7) is 4.22. The van der Waals surface area contributed by atoms with E-state index in [1.165, 1.54) is 23.2 Å². The monoisotopic (exact) mass is 291 g/mol. The summed E-state index contributed by atoms with van der Waals surface area (Å²) in [5.41, 5.74) is -0.941. The maximum absolute atomic E-state index is 12.6. The third-order valence-electron chi connectivity index (χ3n) is 3.68. The van der Waals surface area contributed by atoms with Crippen LogP contribution in [0.15, 0.2) is 18.3 Å². The molecule has 1 saturated heterocycles. The van der Waals surface area contributed by atoms with Crippen LogP contribution in [0, 0.1) is 0 Å². The maximum Gasteiger partial charge on any atom is 0.354 e. The molecule has 1 fully saturated rings. The van der Waals surface area contributed by atoms with Crippen molar-refractivity contribution in [1.29, 1.82) is 0 Å². The Morgan fingerprint density at radius 3 is 2.62 bits per heavy atom. The molecule has 7 nitrogen and oxygen atoms in total. The minimum Gasteiger partial charge on any atom is -0.477 e. The standard InChI is InChI=1S/C14H17N3O4/c1-14(2)13(21)16(3)6-7-17(14)11(18)9-4-5-15-10(8-9)12(19)20/h4-5,8H,6-7H2,1-3H3,(H,19,20). The molecule has 7 heteroatoms. The van der Waals surface area contributed by atoms with Crippen molar-refractivity contribution >= 4 is 17.8 Å². The second kappa shape index (κ2) is 5.16. The van der Waals surface area contributed by atoms with E-state index in [-0.39, 0.29) is 23.1 Å². The van der Waals surface area contributed by atoms with Gasteiger partial charge in [-0.15, -0.1) is 0 Å². The number of likely N-dealkylation sites (N-methyl/N-ethyl adjacent to an activating group) is 1. The lowest BCUT2D eigenvalue weighted by Gasteiger charge is -2.44. The van der Waals surface area contributed by atoms with E-state index < -0.39 is 11.5 Å². The molecule has 0 spiro atoms. The highest BCUT2D eigenvalue weighted by atomic mass is 16.4. The molecule has 1 aliphatic rings. The van der Waals surface area contributed by atoms with Gasteiger partial charge in [-0.05, 0) is 26.0 Å². The van der Waals surface area contributed by atoms with Crippen molar-refractivity contribution in [2.75, 3.05) is 20.1 Å². The first-order valence-corrected chi connectivity index (χ1v) is 6.52. The third-order valence-corrected chi connectivity index (χ3v) is 3.68. The Morgan fingerprint density at radius 2 is 2.00 bits per heavy atom. The largest absolute Gasteiger partial charge is 0.477 e. The number of rotatable bonds is 2. The predicted octanol–water partition coefficient (Wildman–Crippen LogP) is 0.473. The zero-order valence-corrected chi connectivity index (χ0v) is 12.2. The molecular weight excluding hydrogens is 274 g/mol. The molecule has 1 aliphatic heterocycles. The van der Waals surface area contributed by atoms with Gasteiger partial charge in [0.2, 0.25) is 5.91 Å². The second-order valence-corrected chi connectivity index (χ2v) is 5.48. The minimum absolute atomic E-state index is 0.144. The number of piperazine rings is 1. The molecule has 0 unspecified atom stereocenters. The number of hydrogen-bond donors (Lipinski definition) is 1. The van der Waals surface area contributed by atoms with Crippen LogP contribution in [0.4, 0.5) is 0 Å². The summed E-state index contributed by atoms with van der Waals surface area (Å²) in [5.74, 6) is -1.71. The van der Waals surface area contributed by atoms with Gasteiger partial charge in [0.25, 0.3) is 5.91 Å². The van der Waals surface area contributed by atoms with Crippen molar-refractivity contribution in [3.63, 3.8) is 0 Å². The highest BCUT2D eigenvalue weighted by Crippen LogP contribution is 2.24. The fraction of sp³-hybridized carbons (Fsp3) is 0.429. The Morgan fingerprint density at radius 1 is 1.33 bits per heavy atom. The van der Waals surface area contributed by atoms with Crippen LogP contribution in [0.25, 0.3) is 0 Å². The van der Waals surface area contributed by atoms with Gasteiger partial charge in [0.1, 0.15) is 11.2 Å². The average Bonchev–Trinajstić information content (AvgIpc) is 2.44. The van der Waals surface area contributed by atoms with Gasteiger partial charge in [-0.25, -0.2) is 9.78 Å². The van der Waals surface area contributed by atoms with Crippen molar-refractivity contribution in [2.24, 2.45) is 0 Å². The minimum atomic E-state index is -1.20. The van der Waals surface area contributed by atoms with E-state index in [9.17, 15) is 14.4 Å². The van der Waals surface area contributed by atoms with Crippen LogP contribution in [-0.2, 0) is 4.79 Å². The van der Waals surface area contributed by atoms with Crippen molar-refractivity contribution in [2.45, 2.75) is 19.4 Å². The van der Waals surface area contributed by atoms with Crippen LogP contribution in [0.2, 0.25) is 0 Å². The zero-order valence-electron chi connectivity index (χ0n) is 12.2. The summed E-state index contributed by atoms with van der Waals surface area (Å²) >= 11 is 0. The van der Waals surface area contributed by atoms with Gasteiger partial charge in [0.15, 0.2) is 0 Å². The van der Waals surface area contributed by atoms with Crippen molar-refractivity contribution < 1.29 is 19.5 Å². The first-order chi connectivity index (χ1) is 9.75. The second-order valence-electron chi connectivity index (χ2n) is 5.48. The number of amides is 2. The van der Waals surface area contributed by atoms with E-state index in [1.54, 1.807) is 25.8 Å². The van der Waals surface area contributed by atoms with E-state index in [1.807, 2.05) is 0 Å². The van der Waals surface area contributed by atoms with Crippen molar-refractivity contribution in [1.82, 2.24) is 14.8 Å². The Labute approximate surface area is 122 Å². The fourth-order valence-electron chi connectivity index (χ4n) is 2.41. The Balaban J connectivity index is 2.33. The van der Waals surface area contributed by atoms with Crippen LogP contribution in [-0.4, -0.2) is 63.4 Å². The number of aromatic carboxylic acids is 1. The number of carbonyl (C=O) groups is 3. The molecule has 2 rings (SSSR count). The lowest BCUT2D eigenvalue weighted by molar-refractivity contribution is -0.144. The molecule has 2 heterocycles. The lowest BCUT2D eigenvalue weighted by atomic mass is 9.96. The quantitative estimate of drug-likeness (QED) is 0.855. The van der Waals surface area contributed by atoms with Crippen LogP contribution in [0.1, 0.15) is 34.7 Å². The molecule has 0 radical (unpaired) electrons. The fourth-order valence-corrected chi connectivity index (χ4v) is 2.41. The number of pyridine rings is 1. The van der Waals surface area contributed by atoms with Gasteiger partial charge in [-0.2, -0.15) is 0 Å². The van der Waals surface area contributed by atoms with Crippen molar-refractivity contribution in [3.05, 3.63) is 29.6 Å². The zero-order chi connectivity index (χ0) is 15.8. The van der Waals surface area contributed by atoms with Gasteiger partial charge in [0.05, 0.1) is 0 Å². The summed E-state index contributed by atoms with van der Waals surface area (Å²) < 4.78 is 0. The van der Waals surface area contributed by atoms with Crippen LogP contribution in [0.5, 0.6) is 0 Å². The number of carbonyl (C=O) groups excluding carboxylic acids is 2. The number of hydrogen-bond acceptors (Lipinski definition) is 4. The highest BCUT2D eigenvalue weighted by molar-refractivity contribution is 6.00. The average molecular weight is 291 g/mol. The lowest BCUT2D eigenvalue weighted by Crippen LogP contribution is -2.63. The molecule has 1 aromatic rings. The third kappa shape index (κ3) is 2.58. The topological polar surface area (TPSA) is 90.8 Å². The van der Waals surface area contributed by atoms with Crippen LogP contribution in [0.3, 0.4) is 0 Å². The first kappa shape index (κ1) is 15.0. The molecule has 2 amide bonds. The van der Waals surface area contributed by atoms with Crippen LogP contribution < -0.4 is 0 Å². The SMILES string of the molecule is CN1CCN(C(=O)c2ccnc(C(=O)O)c2)C(C)(C)C1=O. The van der Waals surface area contributed by atoms with Crippen molar-refractivity contribution in [3.8, 4) is 0 Å². The van der Waals surface area contributed by atoms with E-state index >= 15 is 0 Å². The van der Waals surface area contributed by atoms with Gasteiger partial charge >= 0.3 is 5.97 Å². The van der Waals surface area contributed by atoms with E-state index in [2.05, 4.69) is 4.98 Å². The normalized spacial score (nSPS) is 17.8. The number of carboxylic acids is 1. The summed E-state index contributed by atoms with van der Waals surface area (Å²) in [6.07, 6.45) is 1.28. The number of aromatic nitrogens is 1. The smallest absolute Gasteiger partial charge is 0.354 e. The Hall–Kier alpha value is -2.44. The van der Waals surface area contributed by atoms with Gasteiger partial charge < -0.3 is 14.9 Å². The van der Waals surface area contributed by atoms with Gasteiger partial charge in [0, 0.05) is 31.9 Å². The molecule has 21 heavy (non-hydrogen) atoms. The van der Waals surface area contributed by atoms with Crippen LogP contribution >= 0.6 is 0 Å². The molecule has 0 bridgehead atoms. The Kier molecular flexibility index (Phi) is 3.67. The Bertz CT molecular complexity index is 612. The van der Waals surface area contributed by atoms with E-state index in [0.29, 0.717) is 13.1 Å². The molecule has 0 aromatic carbocycles. The summed E-state index contributed by atoms with van der Waals surface area (Å²) in [6, 6.07) is 2.68. The summed E-state index contributed by atoms with van der Waals surface area (Å²) in [5, 5.41) is 8.93. The summed E-state index contributed by atoms with van der Waals surface area (Å²) in [4.78, 5) is 42.4. The molecule has 0 aliphatic carbocycles. The van der Waals surface area contributed by atoms with Gasteiger partial charge in [-0.3, -0.25) is 9.59 Å². The highest BCUT2D eigenvalue weighted by Gasteiger charge is 2.43. The number of nitrogens with zero attached hydrogens (tertiary/aromatic N) is 3. The number of carboxylic acid groups (broad SMARTS) is 1. The maximum atomic E-state index is 12.6. The molecule has 1 N–H and O–H groups in total. The predicted molar refractivity (Wildman–Crippen MR) is 73.9 cm³/mol. The molecule has 1 aromatic heterocycles. The van der Waals surface area contributed by atoms with E-state index in [0.717, 1.165) is 0 Å².